The van der Waals surface area contributed by atoms with Gasteiger partial charge in [0.05, 0.1) is 13.7 Å². The summed E-state index contributed by atoms with van der Waals surface area (Å²) in [7, 11) is 1.55. The summed E-state index contributed by atoms with van der Waals surface area (Å²) in [6.45, 7) is 2.13. The largest absolute Gasteiger partial charge is 0.573 e. The van der Waals surface area contributed by atoms with Gasteiger partial charge >= 0.3 is 6.36 Å². The van der Waals surface area contributed by atoms with Crippen LogP contribution in [0.25, 0.3) is 11.1 Å². The van der Waals surface area contributed by atoms with Gasteiger partial charge in [-0.2, -0.15) is 0 Å². The Labute approximate surface area is 168 Å². The van der Waals surface area contributed by atoms with E-state index in [-0.39, 0.29) is 23.9 Å². The summed E-state index contributed by atoms with van der Waals surface area (Å²) in [4.78, 5) is 0. The van der Waals surface area contributed by atoms with E-state index in [0.717, 1.165) is 31.5 Å². The first-order chi connectivity index (χ1) is 13.0. The highest BCUT2D eigenvalue weighted by molar-refractivity contribution is 5.85. The second-order valence-corrected chi connectivity index (χ2v) is 6.41. The molecule has 1 aliphatic heterocycles. The molecule has 2 aromatic rings. The van der Waals surface area contributed by atoms with E-state index in [1.54, 1.807) is 25.3 Å². The van der Waals surface area contributed by atoms with Gasteiger partial charge in [0, 0.05) is 5.56 Å². The molecule has 0 aliphatic carbocycles. The van der Waals surface area contributed by atoms with E-state index in [1.807, 2.05) is 18.2 Å². The minimum Gasteiger partial charge on any atom is -0.496 e. The fourth-order valence-corrected chi connectivity index (χ4v) is 3.14. The van der Waals surface area contributed by atoms with Crippen LogP contribution < -0.4 is 19.5 Å². The second kappa shape index (κ2) is 9.89. The van der Waals surface area contributed by atoms with Crippen LogP contribution in [0, 0.1) is 5.92 Å². The first-order valence-corrected chi connectivity index (χ1v) is 8.83. The molecule has 1 N–H and O–H groups in total. The van der Waals surface area contributed by atoms with Crippen molar-refractivity contribution >= 4 is 12.4 Å². The molecular formula is C20H23ClF3NO3. The fraction of sp³-hybridized carbons (Fsp3) is 0.400. The Bertz CT molecular complexity index is 765. The smallest absolute Gasteiger partial charge is 0.496 e. The van der Waals surface area contributed by atoms with Gasteiger partial charge in [0.25, 0.3) is 0 Å². The van der Waals surface area contributed by atoms with E-state index in [0.29, 0.717) is 23.8 Å². The Morgan fingerprint density at radius 3 is 2.39 bits per heavy atom. The summed E-state index contributed by atoms with van der Waals surface area (Å²) in [5.41, 5.74) is 1.47. The molecule has 0 aromatic heterocycles. The van der Waals surface area contributed by atoms with Crippen LogP contribution in [-0.2, 0) is 0 Å². The molecule has 0 unspecified atom stereocenters. The number of methoxy groups -OCH3 is 1. The number of para-hydroxylation sites is 1. The van der Waals surface area contributed by atoms with Crippen LogP contribution in [0.4, 0.5) is 13.2 Å². The van der Waals surface area contributed by atoms with Crippen molar-refractivity contribution < 1.29 is 27.4 Å². The molecule has 0 spiro atoms. The Balaban J connectivity index is 0.00000280. The number of alkyl halides is 3. The normalized spacial score (nSPS) is 14.9. The number of nitrogens with one attached hydrogen (secondary N) is 1. The Morgan fingerprint density at radius 2 is 1.71 bits per heavy atom. The predicted octanol–water partition coefficient (Wildman–Crippen LogP) is 5.06. The molecule has 0 bridgehead atoms. The lowest BCUT2D eigenvalue weighted by molar-refractivity contribution is -0.275. The monoisotopic (exact) mass is 417 g/mol. The minimum atomic E-state index is -4.78. The summed E-state index contributed by atoms with van der Waals surface area (Å²) >= 11 is 0. The third-order valence-corrected chi connectivity index (χ3v) is 4.52. The standard InChI is InChI=1S/C20H22F3NO3.ClH/c1-25-17-5-3-2-4-16(17)15-6-7-18(27-20(21,22)23)19(12-15)26-13-14-8-10-24-11-9-14;/h2-7,12,14,24H,8-11,13H2,1H3;1H. The lowest BCUT2D eigenvalue weighted by atomic mass is 9.99. The zero-order valence-electron chi connectivity index (χ0n) is 15.4. The second-order valence-electron chi connectivity index (χ2n) is 6.41. The molecule has 1 saturated heterocycles. The van der Waals surface area contributed by atoms with Gasteiger partial charge in [0.15, 0.2) is 11.5 Å². The fourth-order valence-electron chi connectivity index (χ4n) is 3.14. The molecule has 0 radical (unpaired) electrons. The molecule has 2 aromatic carbocycles. The van der Waals surface area contributed by atoms with Gasteiger partial charge in [-0.05, 0) is 55.6 Å². The number of benzene rings is 2. The van der Waals surface area contributed by atoms with Crippen molar-refractivity contribution in [3.63, 3.8) is 0 Å². The summed E-state index contributed by atoms with van der Waals surface area (Å²) < 4.78 is 53.5. The predicted molar refractivity (Wildman–Crippen MR) is 103 cm³/mol. The van der Waals surface area contributed by atoms with Crippen molar-refractivity contribution in [1.29, 1.82) is 0 Å². The lowest BCUT2D eigenvalue weighted by Gasteiger charge is -2.23. The molecule has 3 rings (SSSR count). The van der Waals surface area contributed by atoms with E-state index >= 15 is 0 Å². The number of halogens is 4. The number of piperidine rings is 1. The van der Waals surface area contributed by atoms with Crippen molar-refractivity contribution in [2.75, 3.05) is 26.8 Å². The van der Waals surface area contributed by atoms with E-state index in [1.165, 1.54) is 6.07 Å². The van der Waals surface area contributed by atoms with E-state index in [4.69, 9.17) is 9.47 Å². The van der Waals surface area contributed by atoms with Gasteiger partial charge in [-0.15, -0.1) is 25.6 Å². The zero-order valence-corrected chi connectivity index (χ0v) is 16.2. The van der Waals surface area contributed by atoms with Crippen LogP contribution in [0.1, 0.15) is 12.8 Å². The van der Waals surface area contributed by atoms with Crippen LogP contribution >= 0.6 is 12.4 Å². The topological polar surface area (TPSA) is 39.7 Å². The number of hydrogen-bond acceptors (Lipinski definition) is 4. The van der Waals surface area contributed by atoms with Crippen LogP contribution in [0.3, 0.4) is 0 Å². The summed E-state index contributed by atoms with van der Waals surface area (Å²) in [5.74, 6) is 0.676. The van der Waals surface area contributed by atoms with Gasteiger partial charge in [-0.3, -0.25) is 0 Å². The highest BCUT2D eigenvalue weighted by Gasteiger charge is 2.32. The van der Waals surface area contributed by atoms with Gasteiger partial charge in [-0.25, -0.2) is 0 Å². The van der Waals surface area contributed by atoms with E-state index < -0.39 is 6.36 Å². The van der Waals surface area contributed by atoms with Crippen molar-refractivity contribution in [3.05, 3.63) is 42.5 Å². The lowest BCUT2D eigenvalue weighted by Crippen LogP contribution is -2.30. The average molecular weight is 418 g/mol. The quantitative estimate of drug-likeness (QED) is 0.713. The maximum atomic E-state index is 12.8. The van der Waals surface area contributed by atoms with Gasteiger partial charge in [0.1, 0.15) is 5.75 Å². The Morgan fingerprint density at radius 1 is 1.00 bits per heavy atom. The molecule has 0 atom stereocenters. The Hall–Kier alpha value is -2.12. The molecule has 8 heteroatoms. The summed E-state index contributed by atoms with van der Waals surface area (Å²) in [5, 5.41) is 3.26. The summed E-state index contributed by atoms with van der Waals surface area (Å²) in [6, 6.07) is 11.7. The number of rotatable bonds is 6. The molecule has 0 amide bonds. The highest BCUT2D eigenvalue weighted by atomic mass is 35.5. The molecule has 4 nitrogen and oxygen atoms in total. The van der Waals surface area contributed by atoms with Crippen molar-refractivity contribution in [3.8, 4) is 28.4 Å². The van der Waals surface area contributed by atoms with Crippen LogP contribution in [0.2, 0.25) is 0 Å². The first kappa shape index (κ1) is 22.2. The maximum Gasteiger partial charge on any atom is 0.573 e. The molecule has 1 heterocycles. The Kier molecular flexibility index (Phi) is 7.83. The van der Waals surface area contributed by atoms with Gasteiger partial charge in [0.2, 0.25) is 0 Å². The molecule has 0 saturated carbocycles. The van der Waals surface area contributed by atoms with Crippen LogP contribution in [0.15, 0.2) is 42.5 Å². The first-order valence-electron chi connectivity index (χ1n) is 8.83. The van der Waals surface area contributed by atoms with Crippen LogP contribution in [0.5, 0.6) is 17.2 Å². The summed E-state index contributed by atoms with van der Waals surface area (Å²) in [6.07, 6.45) is -2.91. The third kappa shape index (κ3) is 5.94. The SMILES string of the molecule is COc1ccccc1-c1ccc(OC(F)(F)F)c(OCC2CCNCC2)c1.Cl. The molecule has 1 fully saturated rings. The van der Waals surface area contributed by atoms with E-state index in [2.05, 4.69) is 10.1 Å². The molecule has 1 aliphatic rings. The van der Waals surface area contributed by atoms with Crippen molar-refractivity contribution in [2.45, 2.75) is 19.2 Å². The molecule has 154 valence electrons. The van der Waals surface area contributed by atoms with Crippen LogP contribution in [-0.4, -0.2) is 33.2 Å². The number of hydrogen-bond donors (Lipinski definition) is 1. The highest BCUT2D eigenvalue weighted by Crippen LogP contribution is 2.38. The van der Waals surface area contributed by atoms with Crippen molar-refractivity contribution in [1.82, 2.24) is 5.32 Å². The minimum absolute atomic E-state index is 0. The zero-order chi connectivity index (χ0) is 19.3. The van der Waals surface area contributed by atoms with Gasteiger partial charge < -0.3 is 19.5 Å². The number of ether oxygens (including phenoxy) is 3. The van der Waals surface area contributed by atoms with E-state index in [9.17, 15) is 13.2 Å². The maximum absolute atomic E-state index is 12.8. The average Bonchev–Trinajstić information content (AvgIpc) is 2.67. The van der Waals surface area contributed by atoms with Crippen molar-refractivity contribution in [2.24, 2.45) is 5.92 Å². The third-order valence-electron chi connectivity index (χ3n) is 4.52. The van der Waals surface area contributed by atoms with Gasteiger partial charge in [-0.1, -0.05) is 24.3 Å². The molecular weight excluding hydrogens is 395 g/mol. The molecule has 28 heavy (non-hydrogen) atoms.